The molecule has 6 heterocycles. The monoisotopic (exact) mass is 801 g/mol. The number of imide groups is 2. The van der Waals surface area contributed by atoms with Crippen LogP contribution in [0.3, 0.4) is 0 Å². The number of piperidine rings is 2. The number of aromatic nitrogens is 3. The van der Waals surface area contributed by atoms with Gasteiger partial charge in [-0.3, -0.25) is 48.6 Å². The Bertz CT molecular complexity index is 2350. The van der Waals surface area contributed by atoms with Crippen LogP contribution in [0, 0.1) is 0 Å². The van der Waals surface area contributed by atoms with Crippen molar-refractivity contribution in [2.45, 2.75) is 43.9 Å². The molecule has 0 saturated carbocycles. The second kappa shape index (κ2) is 15.2. The van der Waals surface area contributed by atoms with Crippen LogP contribution in [0.15, 0.2) is 54.7 Å². The number of amides is 6. The maximum absolute atomic E-state index is 13.6. The van der Waals surface area contributed by atoms with E-state index >= 15 is 0 Å². The lowest BCUT2D eigenvalue weighted by atomic mass is 10.0. The van der Waals surface area contributed by atoms with Crippen LogP contribution in [-0.4, -0.2) is 124 Å². The number of hydrogen-bond acceptors (Lipinski definition) is 11. The number of ether oxygens (including phenoxy) is 1. The third-order valence-electron chi connectivity index (χ3n) is 11.1. The molecule has 3 fully saturated rings. The van der Waals surface area contributed by atoms with E-state index in [1.54, 1.807) is 35.2 Å². The number of hydrogen-bond donors (Lipinski definition) is 2. The van der Waals surface area contributed by atoms with E-state index in [1.165, 1.54) is 13.2 Å². The van der Waals surface area contributed by atoms with E-state index in [0.29, 0.717) is 55.9 Å². The van der Waals surface area contributed by atoms with Crippen molar-refractivity contribution < 1.29 is 46.7 Å². The van der Waals surface area contributed by atoms with Gasteiger partial charge >= 0.3 is 6.18 Å². The van der Waals surface area contributed by atoms with Gasteiger partial charge in [-0.2, -0.15) is 18.3 Å². The Hall–Kier alpha value is -6.37. The van der Waals surface area contributed by atoms with Gasteiger partial charge in [0.25, 0.3) is 17.7 Å². The fourth-order valence-electron chi connectivity index (χ4n) is 8.02. The number of likely N-dealkylation sites (tertiary alicyclic amines) is 1. The molecule has 0 aliphatic carbocycles. The maximum Gasteiger partial charge on any atom is 0.433 e. The number of pyridine rings is 1. The summed E-state index contributed by atoms with van der Waals surface area (Å²) in [4.78, 5) is 87.7. The minimum absolute atomic E-state index is 0.0153. The van der Waals surface area contributed by atoms with Crippen molar-refractivity contribution >= 4 is 57.7 Å². The molecule has 4 aliphatic heterocycles. The number of piperazine rings is 1. The highest BCUT2D eigenvalue weighted by molar-refractivity contribution is 6.25. The summed E-state index contributed by atoms with van der Waals surface area (Å²) < 4.78 is 46.8. The molecule has 1 atom stereocenters. The molecular weight excluding hydrogens is 763 g/mol. The lowest BCUT2D eigenvalue weighted by molar-refractivity contribution is -0.141. The van der Waals surface area contributed by atoms with Crippen LogP contribution in [0.5, 0.6) is 5.75 Å². The molecule has 4 aliphatic rings. The van der Waals surface area contributed by atoms with E-state index < -0.39 is 53.1 Å². The third kappa shape index (κ3) is 7.32. The number of anilines is 2. The standard InChI is InChI=1S/C39H38F3N9O7/c1-58-30-19-26-22(18-27(30)44-35(54)25-5-3-7-31(43-25)39(40,41)42)20-50(46-26)23-10-12-47(13-11-23)21-33(53)49-16-14-48(15-17-49)28-6-2-4-24-34(28)38(57)51(37(24)56)29-8-9-32(52)45-36(29)55/h2-7,18-20,23,29H,8-17,21H2,1H3,(H,44,54)(H,45,52,55). The third-order valence-corrected chi connectivity index (χ3v) is 11.1. The van der Waals surface area contributed by atoms with Gasteiger partial charge in [0.1, 0.15) is 23.2 Å². The SMILES string of the molecule is COc1cc2nn(C3CCN(CC(=O)N4CCN(c5cccc6c5C(=O)N(C5CCC(=O)NC5=O)C6=O)CC4)CC3)cc2cc1NC(=O)c1cccc(C(F)(F)F)n1. The van der Waals surface area contributed by atoms with Gasteiger partial charge in [0.05, 0.1) is 47.7 Å². The largest absolute Gasteiger partial charge is 0.494 e. The summed E-state index contributed by atoms with van der Waals surface area (Å²) in [6.07, 6.45) is -1.31. The van der Waals surface area contributed by atoms with E-state index in [4.69, 9.17) is 9.84 Å². The molecule has 1 unspecified atom stereocenters. The fraction of sp³-hybridized carbons (Fsp3) is 0.385. The van der Waals surface area contributed by atoms with Gasteiger partial charge in [-0.25, -0.2) is 4.98 Å². The van der Waals surface area contributed by atoms with Crippen LogP contribution in [0.4, 0.5) is 24.5 Å². The van der Waals surface area contributed by atoms with Gasteiger partial charge in [0, 0.05) is 63.3 Å². The first-order valence-electron chi connectivity index (χ1n) is 18.8. The molecule has 0 bridgehead atoms. The summed E-state index contributed by atoms with van der Waals surface area (Å²) in [6, 6.07) is 10.4. The van der Waals surface area contributed by atoms with Crippen LogP contribution in [0.1, 0.15) is 68.6 Å². The van der Waals surface area contributed by atoms with Gasteiger partial charge in [0.15, 0.2) is 0 Å². The molecule has 302 valence electrons. The predicted molar refractivity (Wildman–Crippen MR) is 200 cm³/mol. The maximum atomic E-state index is 13.6. The first-order valence-corrected chi connectivity index (χ1v) is 18.8. The van der Waals surface area contributed by atoms with Crippen LogP contribution in [0.25, 0.3) is 10.9 Å². The first-order chi connectivity index (χ1) is 27.8. The van der Waals surface area contributed by atoms with Gasteiger partial charge in [-0.05, 0) is 49.6 Å². The van der Waals surface area contributed by atoms with Crippen LogP contribution in [-0.2, 0) is 20.6 Å². The van der Waals surface area contributed by atoms with E-state index in [0.717, 1.165) is 29.9 Å². The molecule has 4 aromatic rings. The minimum Gasteiger partial charge on any atom is -0.494 e. The summed E-state index contributed by atoms with van der Waals surface area (Å²) in [5, 5.41) is 10.2. The molecule has 8 rings (SSSR count). The smallest absolute Gasteiger partial charge is 0.433 e. The number of alkyl halides is 3. The van der Waals surface area contributed by atoms with Crippen molar-refractivity contribution in [1.82, 2.24) is 34.8 Å². The Kier molecular flexibility index (Phi) is 10.1. The summed E-state index contributed by atoms with van der Waals surface area (Å²) in [7, 11) is 1.41. The summed E-state index contributed by atoms with van der Waals surface area (Å²) in [5.41, 5.74) is 0.287. The topological polar surface area (TPSA) is 179 Å². The zero-order valence-electron chi connectivity index (χ0n) is 31.3. The number of rotatable bonds is 8. The van der Waals surface area contributed by atoms with Crippen molar-refractivity contribution in [1.29, 1.82) is 0 Å². The number of fused-ring (bicyclic) bond motifs is 2. The fourth-order valence-corrected chi connectivity index (χ4v) is 8.02. The van der Waals surface area contributed by atoms with E-state index in [1.807, 2.05) is 15.8 Å². The lowest BCUT2D eigenvalue weighted by Gasteiger charge is -2.38. The molecule has 3 saturated heterocycles. The number of halogens is 3. The van der Waals surface area contributed by atoms with Gasteiger partial charge in [0.2, 0.25) is 17.7 Å². The van der Waals surface area contributed by atoms with E-state index in [-0.39, 0.29) is 53.9 Å². The summed E-state index contributed by atoms with van der Waals surface area (Å²) in [6.45, 7) is 3.25. The molecule has 0 radical (unpaired) electrons. The van der Waals surface area contributed by atoms with Crippen molar-refractivity contribution in [2.24, 2.45) is 0 Å². The van der Waals surface area contributed by atoms with Crippen molar-refractivity contribution in [2.75, 3.05) is 63.1 Å². The highest BCUT2D eigenvalue weighted by Crippen LogP contribution is 2.36. The molecule has 0 spiro atoms. The molecule has 58 heavy (non-hydrogen) atoms. The second-order valence-corrected chi connectivity index (χ2v) is 14.6. The van der Waals surface area contributed by atoms with Gasteiger partial charge in [-0.15, -0.1) is 0 Å². The average molecular weight is 802 g/mol. The minimum atomic E-state index is -4.70. The van der Waals surface area contributed by atoms with Crippen LogP contribution < -0.4 is 20.3 Å². The van der Waals surface area contributed by atoms with Crippen LogP contribution in [0.2, 0.25) is 0 Å². The molecular formula is C39H38F3N9O7. The molecule has 19 heteroatoms. The van der Waals surface area contributed by atoms with Crippen molar-refractivity contribution in [3.05, 3.63) is 77.2 Å². The molecule has 16 nitrogen and oxygen atoms in total. The number of carbonyl (C=O) groups excluding carboxylic acids is 6. The highest BCUT2D eigenvalue weighted by Gasteiger charge is 2.46. The average Bonchev–Trinajstić information content (AvgIpc) is 3.74. The summed E-state index contributed by atoms with van der Waals surface area (Å²) in [5.74, 6) is -2.81. The predicted octanol–water partition coefficient (Wildman–Crippen LogP) is 3.10. The van der Waals surface area contributed by atoms with E-state index in [9.17, 15) is 41.9 Å². The number of nitrogens with zero attached hydrogens (tertiary/aromatic N) is 7. The Morgan fingerprint density at radius 1 is 0.931 bits per heavy atom. The number of methoxy groups -OCH3 is 1. The molecule has 6 amide bonds. The van der Waals surface area contributed by atoms with Gasteiger partial charge in [-0.1, -0.05) is 12.1 Å². The Balaban J connectivity index is 0.851. The first kappa shape index (κ1) is 38.5. The normalized spacial score (nSPS) is 19.4. The Morgan fingerprint density at radius 2 is 1.67 bits per heavy atom. The number of carbonyl (C=O) groups is 6. The van der Waals surface area contributed by atoms with Crippen molar-refractivity contribution in [3.63, 3.8) is 0 Å². The molecule has 2 N–H and O–H groups in total. The highest BCUT2D eigenvalue weighted by atomic mass is 19.4. The van der Waals surface area contributed by atoms with Crippen molar-refractivity contribution in [3.8, 4) is 5.75 Å². The number of nitrogens with one attached hydrogen (secondary N) is 2. The van der Waals surface area contributed by atoms with Gasteiger partial charge < -0.3 is 19.9 Å². The zero-order valence-corrected chi connectivity index (χ0v) is 31.3. The Labute approximate surface area is 328 Å². The molecule has 2 aromatic heterocycles. The molecule has 2 aromatic carbocycles. The Morgan fingerprint density at radius 3 is 2.38 bits per heavy atom. The lowest BCUT2D eigenvalue weighted by Crippen LogP contribution is -2.54. The zero-order chi connectivity index (χ0) is 40.9. The summed E-state index contributed by atoms with van der Waals surface area (Å²) >= 11 is 0. The van der Waals surface area contributed by atoms with Crippen LogP contribution >= 0.6 is 0 Å². The second-order valence-electron chi connectivity index (χ2n) is 14.6. The quantitative estimate of drug-likeness (QED) is 0.250. The number of benzene rings is 2. The van der Waals surface area contributed by atoms with E-state index in [2.05, 4.69) is 20.5 Å².